The molecule has 0 amide bonds. The summed E-state index contributed by atoms with van der Waals surface area (Å²) in [4.78, 5) is 6.51. The first-order chi connectivity index (χ1) is 14.1. The van der Waals surface area contributed by atoms with Crippen molar-refractivity contribution in [2.45, 2.75) is 46.1 Å². The first-order valence-corrected chi connectivity index (χ1v) is 10.2. The molecule has 1 heterocycles. The highest BCUT2D eigenvalue weighted by atomic mass is 16.5. The zero-order valence-electron chi connectivity index (χ0n) is 17.6. The molecular weight excluding hydrogens is 358 g/mol. The summed E-state index contributed by atoms with van der Waals surface area (Å²) in [5, 5.41) is 3.59. The zero-order chi connectivity index (χ0) is 20.5. The van der Waals surface area contributed by atoms with Crippen molar-refractivity contribution in [3.63, 3.8) is 0 Å². The summed E-state index contributed by atoms with van der Waals surface area (Å²) >= 11 is 0. The Labute approximate surface area is 174 Å². The molecular formula is C25H31N3O. The molecule has 4 heteroatoms. The number of pyridine rings is 1. The van der Waals surface area contributed by atoms with Gasteiger partial charge in [-0.15, -0.1) is 0 Å². The summed E-state index contributed by atoms with van der Waals surface area (Å²) in [6, 6.07) is 21.4. The number of nitrogens with zero attached hydrogens (tertiary/aromatic N) is 2. The number of benzene rings is 2. The lowest BCUT2D eigenvalue weighted by atomic mass is 10.1. The fourth-order valence-corrected chi connectivity index (χ4v) is 3.10. The molecule has 0 atom stereocenters. The summed E-state index contributed by atoms with van der Waals surface area (Å²) in [7, 11) is 2.17. The van der Waals surface area contributed by atoms with E-state index >= 15 is 0 Å². The van der Waals surface area contributed by atoms with Gasteiger partial charge in [0.1, 0.15) is 12.4 Å². The highest BCUT2D eigenvalue weighted by Crippen LogP contribution is 2.20. The van der Waals surface area contributed by atoms with E-state index in [-0.39, 0.29) is 0 Å². The van der Waals surface area contributed by atoms with E-state index in [2.05, 4.69) is 72.5 Å². The second-order valence-corrected chi connectivity index (χ2v) is 7.64. The molecule has 0 unspecified atom stereocenters. The van der Waals surface area contributed by atoms with Crippen molar-refractivity contribution < 1.29 is 4.74 Å². The van der Waals surface area contributed by atoms with Crippen LogP contribution in [-0.4, -0.2) is 23.0 Å². The van der Waals surface area contributed by atoms with E-state index < -0.39 is 0 Å². The Bertz CT molecular complexity index is 880. The molecule has 4 nitrogen and oxygen atoms in total. The van der Waals surface area contributed by atoms with Gasteiger partial charge in [-0.25, -0.2) is 0 Å². The highest BCUT2D eigenvalue weighted by molar-refractivity contribution is 5.34. The molecule has 2 aromatic carbocycles. The molecule has 0 aliphatic heterocycles. The topological polar surface area (TPSA) is 37.4 Å². The highest BCUT2D eigenvalue weighted by Gasteiger charge is 2.09. The van der Waals surface area contributed by atoms with Crippen molar-refractivity contribution in [2.75, 3.05) is 7.05 Å². The van der Waals surface area contributed by atoms with Gasteiger partial charge in [0.05, 0.1) is 0 Å². The van der Waals surface area contributed by atoms with Gasteiger partial charge in [-0.05, 0) is 44.2 Å². The van der Waals surface area contributed by atoms with E-state index in [1.807, 2.05) is 30.5 Å². The number of nitrogens with one attached hydrogen (secondary N) is 1. The molecule has 0 aliphatic rings. The molecule has 0 radical (unpaired) electrons. The summed E-state index contributed by atoms with van der Waals surface area (Å²) in [5.74, 6) is 0.914. The van der Waals surface area contributed by atoms with Gasteiger partial charge in [-0.1, -0.05) is 48.5 Å². The Hall–Kier alpha value is -2.69. The van der Waals surface area contributed by atoms with E-state index in [4.69, 9.17) is 4.74 Å². The van der Waals surface area contributed by atoms with Crippen LogP contribution in [0.3, 0.4) is 0 Å². The molecule has 0 fully saturated rings. The Morgan fingerprint density at radius 1 is 0.897 bits per heavy atom. The summed E-state index contributed by atoms with van der Waals surface area (Å²) in [6.45, 7) is 7.53. The van der Waals surface area contributed by atoms with Gasteiger partial charge in [0, 0.05) is 49.2 Å². The van der Waals surface area contributed by atoms with Gasteiger partial charge < -0.3 is 10.1 Å². The van der Waals surface area contributed by atoms with E-state index in [1.165, 1.54) is 11.1 Å². The second-order valence-electron chi connectivity index (χ2n) is 7.64. The molecule has 0 saturated carbocycles. The average Bonchev–Trinajstić information content (AvgIpc) is 2.75. The number of hydrogen-bond donors (Lipinski definition) is 1. The number of aromatic nitrogens is 1. The first kappa shape index (κ1) is 21.0. The van der Waals surface area contributed by atoms with Crippen LogP contribution in [0, 0.1) is 0 Å². The van der Waals surface area contributed by atoms with E-state index in [1.54, 1.807) is 6.20 Å². The Balaban J connectivity index is 1.59. The summed E-state index contributed by atoms with van der Waals surface area (Å²) in [6.07, 6.45) is 3.62. The van der Waals surface area contributed by atoms with Gasteiger partial charge in [-0.3, -0.25) is 9.88 Å². The van der Waals surface area contributed by atoms with Gasteiger partial charge in [0.15, 0.2) is 0 Å². The normalized spacial score (nSPS) is 11.2. The molecule has 3 rings (SSSR count). The van der Waals surface area contributed by atoms with Crippen molar-refractivity contribution in [1.29, 1.82) is 0 Å². The lowest BCUT2D eigenvalue weighted by molar-refractivity contribution is 0.265. The number of para-hydroxylation sites is 1. The fraction of sp³-hybridized carbons (Fsp3) is 0.320. The van der Waals surface area contributed by atoms with Crippen LogP contribution in [0.2, 0.25) is 0 Å². The quantitative estimate of drug-likeness (QED) is 0.541. The summed E-state index contributed by atoms with van der Waals surface area (Å²) < 4.78 is 6.04. The number of ether oxygens (including phenoxy) is 1. The van der Waals surface area contributed by atoms with Crippen molar-refractivity contribution >= 4 is 0 Å². The van der Waals surface area contributed by atoms with E-state index in [9.17, 15) is 0 Å². The third kappa shape index (κ3) is 6.41. The molecule has 152 valence electrons. The molecule has 0 bridgehead atoms. The minimum absolute atomic E-state index is 0.523. The Kier molecular flexibility index (Phi) is 7.79. The van der Waals surface area contributed by atoms with Crippen LogP contribution in [-0.2, 0) is 26.2 Å². The third-order valence-corrected chi connectivity index (χ3v) is 5.14. The minimum atomic E-state index is 0.523. The number of hydrogen-bond acceptors (Lipinski definition) is 4. The van der Waals surface area contributed by atoms with Crippen LogP contribution in [0.25, 0.3) is 0 Å². The lowest BCUT2D eigenvalue weighted by Crippen LogP contribution is -2.26. The maximum absolute atomic E-state index is 6.04. The van der Waals surface area contributed by atoms with E-state index in [0.29, 0.717) is 12.6 Å². The molecule has 0 saturated heterocycles. The van der Waals surface area contributed by atoms with Gasteiger partial charge >= 0.3 is 0 Å². The fourth-order valence-electron chi connectivity index (χ4n) is 3.10. The van der Waals surface area contributed by atoms with Crippen LogP contribution in [0.5, 0.6) is 5.75 Å². The Morgan fingerprint density at radius 3 is 2.31 bits per heavy atom. The monoisotopic (exact) mass is 389 g/mol. The largest absolute Gasteiger partial charge is 0.489 e. The molecule has 1 N–H and O–H groups in total. The second kappa shape index (κ2) is 10.7. The van der Waals surface area contributed by atoms with Gasteiger partial charge in [-0.2, -0.15) is 0 Å². The zero-order valence-corrected chi connectivity index (χ0v) is 17.6. The van der Waals surface area contributed by atoms with Crippen LogP contribution < -0.4 is 10.1 Å². The predicted octanol–water partition coefficient (Wildman–Crippen LogP) is 4.79. The lowest BCUT2D eigenvalue weighted by Gasteiger charge is -2.22. The van der Waals surface area contributed by atoms with Crippen molar-refractivity contribution in [2.24, 2.45) is 0 Å². The SMILES string of the molecule is CC(C)N(C)Cc1ccccc1CNCc1ccccc1OCc1cccnc1. The molecule has 0 spiro atoms. The van der Waals surface area contributed by atoms with Crippen molar-refractivity contribution in [3.05, 3.63) is 95.3 Å². The van der Waals surface area contributed by atoms with E-state index in [0.717, 1.165) is 36.5 Å². The van der Waals surface area contributed by atoms with Crippen LogP contribution in [0.1, 0.15) is 36.1 Å². The van der Waals surface area contributed by atoms with Gasteiger partial charge in [0.2, 0.25) is 0 Å². The molecule has 29 heavy (non-hydrogen) atoms. The first-order valence-electron chi connectivity index (χ1n) is 10.2. The molecule has 0 aliphatic carbocycles. The van der Waals surface area contributed by atoms with Crippen LogP contribution >= 0.6 is 0 Å². The van der Waals surface area contributed by atoms with Gasteiger partial charge in [0.25, 0.3) is 0 Å². The molecule has 3 aromatic rings. The Morgan fingerprint density at radius 2 is 1.59 bits per heavy atom. The maximum Gasteiger partial charge on any atom is 0.124 e. The van der Waals surface area contributed by atoms with Crippen molar-refractivity contribution in [3.8, 4) is 5.75 Å². The smallest absolute Gasteiger partial charge is 0.124 e. The summed E-state index contributed by atoms with van der Waals surface area (Å²) in [5.41, 5.74) is 4.94. The maximum atomic E-state index is 6.04. The standard InChI is InChI=1S/C25H31N3O/c1-20(2)28(3)18-24-12-5-4-10-22(24)16-27-17-23-11-6-7-13-25(23)29-19-21-9-8-14-26-15-21/h4-15,20,27H,16-19H2,1-3H3. The minimum Gasteiger partial charge on any atom is -0.489 e. The molecule has 1 aromatic heterocycles. The predicted molar refractivity (Wildman–Crippen MR) is 119 cm³/mol. The average molecular weight is 390 g/mol. The number of rotatable bonds is 10. The van der Waals surface area contributed by atoms with Crippen LogP contribution in [0.4, 0.5) is 0 Å². The van der Waals surface area contributed by atoms with Crippen LogP contribution in [0.15, 0.2) is 73.1 Å². The van der Waals surface area contributed by atoms with Crippen molar-refractivity contribution in [1.82, 2.24) is 15.2 Å². The third-order valence-electron chi connectivity index (χ3n) is 5.14.